The average Bonchev–Trinajstić information content (AvgIpc) is 2.75. The van der Waals surface area contributed by atoms with Gasteiger partial charge in [-0.3, -0.25) is 4.79 Å². The largest absolute Gasteiger partial charge is 0.461 e. The van der Waals surface area contributed by atoms with E-state index in [4.69, 9.17) is 4.74 Å². The zero-order chi connectivity index (χ0) is 9.97. The molecule has 0 radical (unpaired) electrons. The SMILES string of the molecule is O=C(OC1CCCC1)[C@@H]1CC(O)CN1. The van der Waals surface area contributed by atoms with Gasteiger partial charge in [0.2, 0.25) is 0 Å². The van der Waals surface area contributed by atoms with Gasteiger partial charge in [0.15, 0.2) is 0 Å². The number of ether oxygens (including phenoxy) is 1. The maximum Gasteiger partial charge on any atom is 0.323 e. The number of rotatable bonds is 2. The number of carbonyl (C=O) groups excluding carboxylic acids is 1. The standard InChI is InChI=1S/C10H17NO3/c12-7-5-9(11-6-7)10(13)14-8-3-1-2-4-8/h7-9,11-12H,1-6H2/t7?,9-/m0/s1. The maximum absolute atomic E-state index is 11.6. The van der Waals surface area contributed by atoms with E-state index in [-0.39, 0.29) is 18.1 Å². The highest BCUT2D eigenvalue weighted by Crippen LogP contribution is 2.22. The molecular formula is C10H17NO3. The van der Waals surface area contributed by atoms with Crippen molar-refractivity contribution in [2.45, 2.75) is 50.4 Å². The first-order valence-corrected chi connectivity index (χ1v) is 5.37. The molecule has 4 heteroatoms. The summed E-state index contributed by atoms with van der Waals surface area (Å²) in [5, 5.41) is 12.2. The second kappa shape index (κ2) is 4.28. The van der Waals surface area contributed by atoms with Crippen molar-refractivity contribution in [1.29, 1.82) is 0 Å². The van der Waals surface area contributed by atoms with E-state index < -0.39 is 6.10 Å². The molecule has 0 aromatic rings. The lowest BCUT2D eigenvalue weighted by molar-refractivity contribution is -0.151. The molecule has 0 aromatic heterocycles. The third-order valence-electron chi connectivity index (χ3n) is 2.98. The lowest BCUT2D eigenvalue weighted by atomic mass is 10.2. The van der Waals surface area contributed by atoms with Crippen molar-refractivity contribution in [1.82, 2.24) is 5.32 Å². The number of carbonyl (C=O) groups is 1. The number of aliphatic hydroxyl groups is 1. The van der Waals surface area contributed by atoms with Gasteiger partial charge in [-0.1, -0.05) is 0 Å². The van der Waals surface area contributed by atoms with E-state index in [1.807, 2.05) is 0 Å². The number of hydrogen-bond acceptors (Lipinski definition) is 4. The quantitative estimate of drug-likeness (QED) is 0.623. The minimum Gasteiger partial charge on any atom is -0.461 e. The summed E-state index contributed by atoms with van der Waals surface area (Å²) < 4.78 is 5.33. The van der Waals surface area contributed by atoms with Gasteiger partial charge in [0.25, 0.3) is 0 Å². The zero-order valence-corrected chi connectivity index (χ0v) is 8.24. The molecule has 0 amide bonds. The molecule has 4 nitrogen and oxygen atoms in total. The molecule has 1 aliphatic carbocycles. The third kappa shape index (κ3) is 2.25. The highest BCUT2D eigenvalue weighted by molar-refractivity contribution is 5.76. The average molecular weight is 199 g/mol. The maximum atomic E-state index is 11.6. The summed E-state index contributed by atoms with van der Waals surface area (Å²) in [5.41, 5.74) is 0. The number of nitrogens with one attached hydrogen (secondary N) is 1. The summed E-state index contributed by atoms with van der Waals surface area (Å²) in [6.07, 6.45) is 4.56. The topological polar surface area (TPSA) is 58.6 Å². The Balaban J connectivity index is 1.77. The van der Waals surface area contributed by atoms with Crippen molar-refractivity contribution in [2.75, 3.05) is 6.54 Å². The molecule has 0 aromatic carbocycles. The minimum absolute atomic E-state index is 0.127. The van der Waals surface area contributed by atoms with E-state index in [1.54, 1.807) is 0 Å². The van der Waals surface area contributed by atoms with E-state index in [1.165, 1.54) is 12.8 Å². The second-order valence-corrected chi connectivity index (χ2v) is 4.19. The predicted molar refractivity (Wildman–Crippen MR) is 50.8 cm³/mol. The van der Waals surface area contributed by atoms with Gasteiger partial charge in [-0.15, -0.1) is 0 Å². The molecule has 0 bridgehead atoms. The van der Waals surface area contributed by atoms with Crippen molar-refractivity contribution in [3.63, 3.8) is 0 Å². The van der Waals surface area contributed by atoms with Crippen LogP contribution in [0.2, 0.25) is 0 Å². The number of hydrogen-bond donors (Lipinski definition) is 2. The normalized spacial score (nSPS) is 33.5. The highest BCUT2D eigenvalue weighted by Gasteiger charge is 2.31. The molecule has 1 heterocycles. The molecule has 80 valence electrons. The van der Waals surface area contributed by atoms with Gasteiger partial charge in [0.1, 0.15) is 12.1 Å². The Bertz CT molecular complexity index is 213. The molecule has 14 heavy (non-hydrogen) atoms. The summed E-state index contributed by atoms with van der Waals surface area (Å²) in [6.45, 7) is 0.504. The first kappa shape index (κ1) is 9.93. The molecule has 2 atom stereocenters. The highest BCUT2D eigenvalue weighted by atomic mass is 16.5. The Hall–Kier alpha value is -0.610. The minimum atomic E-state index is -0.392. The van der Waals surface area contributed by atoms with E-state index in [9.17, 15) is 9.90 Å². The fourth-order valence-corrected chi connectivity index (χ4v) is 2.15. The van der Waals surface area contributed by atoms with Gasteiger partial charge in [-0.2, -0.15) is 0 Å². The summed E-state index contributed by atoms with van der Waals surface area (Å²) >= 11 is 0. The third-order valence-corrected chi connectivity index (χ3v) is 2.98. The van der Waals surface area contributed by atoms with Crippen LogP contribution in [0.5, 0.6) is 0 Å². The monoisotopic (exact) mass is 199 g/mol. The molecule has 2 aliphatic rings. The summed E-state index contributed by atoms with van der Waals surface area (Å²) in [4.78, 5) is 11.6. The van der Waals surface area contributed by atoms with Crippen LogP contribution in [0.15, 0.2) is 0 Å². The smallest absolute Gasteiger partial charge is 0.323 e. The Morgan fingerprint density at radius 3 is 2.64 bits per heavy atom. The van der Waals surface area contributed by atoms with Gasteiger partial charge < -0.3 is 15.2 Å². The van der Waals surface area contributed by atoms with Gasteiger partial charge in [-0.05, 0) is 25.7 Å². The van der Waals surface area contributed by atoms with Gasteiger partial charge in [0.05, 0.1) is 6.10 Å². The van der Waals surface area contributed by atoms with Crippen molar-refractivity contribution in [2.24, 2.45) is 0 Å². The van der Waals surface area contributed by atoms with Crippen molar-refractivity contribution >= 4 is 5.97 Å². The Morgan fingerprint density at radius 1 is 1.36 bits per heavy atom. The summed E-state index contributed by atoms with van der Waals surface area (Å²) in [6, 6.07) is -0.286. The van der Waals surface area contributed by atoms with Gasteiger partial charge in [0, 0.05) is 13.0 Å². The molecule has 2 fully saturated rings. The summed E-state index contributed by atoms with van der Waals surface area (Å²) in [5.74, 6) is -0.187. The molecule has 2 N–H and O–H groups in total. The Kier molecular flexibility index (Phi) is 3.03. The van der Waals surface area contributed by atoms with Crippen LogP contribution in [0.25, 0.3) is 0 Å². The molecule has 1 saturated heterocycles. The molecule has 1 saturated carbocycles. The van der Waals surface area contributed by atoms with Crippen molar-refractivity contribution < 1.29 is 14.6 Å². The van der Waals surface area contributed by atoms with Crippen LogP contribution in [-0.4, -0.2) is 35.9 Å². The molecule has 2 rings (SSSR count). The first-order valence-electron chi connectivity index (χ1n) is 5.37. The Morgan fingerprint density at radius 2 is 2.07 bits per heavy atom. The number of β-amino-alcohol motifs (C(OH)–C–C–N with tert-alkyl or cyclic N) is 1. The van der Waals surface area contributed by atoms with Crippen LogP contribution in [0.4, 0.5) is 0 Å². The lowest BCUT2D eigenvalue weighted by Gasteiger charge is -2.14. The van der Waals surface area contributed by atoms with E-state index >= 15 is 0 Å². The fraction of sp³-hybridized carbons (Fsp3) is 0.900. The zero-order valence-electron chi connectivity index (χ0n) is 8.24. The van der Waals surface area contributed by atoms with E-state index in [0.717, 1.165) is 12.8 Å². The van der Waals surface area contributed by atoms with Crippen LogP contribution in [0, 0.1) is 0 Å². The van der Waals surface area contributed by atoms with E-state index in [0.29, 0.717) is 13.0 Å². The van der Waals surface area contributed by atoms with Crippen LogP contribution in [0.3, 0.4) is 0 Å². The van der Waals surface area contributed by atoms with E-state index in [2.05, 4.69) is 5.32 Å². The molecule has 0 spiro atoms. The lowest BCUT2D eigenvalue weighted by Crippen LogP contribution is -2.34. The molecular weight excluding hydrogens is 182 g/mol. The number of esters is 1. The van der Waals surface area contributed by atoms with Crippen LogP contribution >= 0.6 is 0 Å². The van der Waals surface area contributed by atoms with Gasteiger partial charge >= 0.3 is 5.97 Å². The summed E-state index contributed by atoms with van der Waals surface area (Å²) in [7, 11) is 0. The molecule has 1 unspecified atom stereocenters. The van der Waals surface area contributed by atoms with Crippen LogP contribution in [0.1, 0.15) is 32.1 Å². The van der Waals surface area contributed by atoms with Crippen LogP contribution in [-0.2, 0) is 9.53 Å². The predicted octanol–water partition coefficient (Wildman–Crippen LogP) is 0.195. The van der Waals surface area contributed by atoms with Crippen molar-refractivity contribution in [3.05, 3.63) is 0 Å². The first-order chi connectivity index (χ1) is 6.75. The second-order valence-electron chi connectivity index (χ2n) is 4.19. The molecule has 1 aliphatic heterocycles. The van der Waals surface area contributed by atoms with Crippen LogP contribution < -0.4 is 5.32 Å². The van der Waals surface area contributed by atoms with Crippen molar-refractivity contribution in [3.8, 4) is 0 Å². The Labute approximate surface area is 83.6 Å². The number of aliphatic hydroxyl groups excluding tert-OH is 1. The van der Waals surface area contributed by atoms with Gasteiger partial charge in [-0.25, -0.2) is 0 Å². The fourth-order valence-electron chi connectivity index (χ4n) is 2.15.